The van der Waals surface area contributed by atoms with Gasteiger partial charge in [-0.05, 0) is 24.3 Å². The molecule has 0 bridgehead atoms. The number of methoxy groups -OCH3 is 1. The maximum absolute atomic E-state index is 13.1. The van der Waals surface area contributed by atoms with Crippen molar-refractivity contribution < 1.29 is 17.9 Å². The number of carbonyl (C=O) groups excluding carboxylic acids is 1. The lowest BCUT2D eigenvalue weighted by molar-refractivity contribution is -0.116. The zero-order valence-corrected chi connectivity index (χ0v) is 20.1. The van der Waals surface area contributed by atoms with Crippen molar-refractivity contribution in [3.05, 3.63) is 60.6 Å². The third-order valence-corrected chi connectivity index (χ3v) is 7.92. The van der Waals surface area contributed by atoms with E-state index in [9.17, 15) is 13.2 Å². The Morgan fingerprint density at radius 3 is 2.89 bits per heavy atom. The predicted octanol–water partition coefficient (Wildman–Crippen LogP) is 2.99. The third-order valence-electron chi connectivity index (χ3n) is 5.29. The fourth-order valence-electron chi connectivity index (χ4n) is 3.73. The summed E-state index contributed by atoms with van der Waals surface area (Å²) in [6, 6.07) is 13.7. The summed E-state index contributed by atoms with van der Waals surface area (Å²) in [5.41, 5.74) is 1.80. The minimum absolute atomic E-state index is 0.0251. The second-order valence-corrected chi connectivity index (χ2v) is 10.6. The molecule has 13 heteroatoms. The number of amides is 1. The van der Waals surface area contributed by atoms with Gasteiger partial charge < -0.3 is 14.7 Å². The molecule has 5 rings (SSSR count). The first-order chi connectivity index (χ1) is 16.9. The molecule has 11 nitrogen and oxygen atoms in total. The van der Waals surface area contributed by atoms with Gasteiger partial charge in [0.05, 0.1) is 30.6 Å². The first-order valence-electron chi connectivity index (χ1n) is 10.6. The molecule has 2 aromatic heterocycles. The van der Waals surface area contributed by atoms with Crippen molar-refractivity contribution in [3.8, 4) is 5.75 Å². The molecule has 0 spiro atoms. The van der Waals surface area contributed by atoms with Gasteiger partial charge in [0.15, 0.2) is 0 Å². The van der Waals surface area contributed by atoms with Crippen molar-refractivity contribution in [1.29, 1.82) is 0 Å². The van der Waals surface area contributed by atoms with Gasteiger partial charge in [-0.3, -0.25) is 19.8 Å². The molecular formula is C22H21N7O4S2. The van der Waals surface area contributed by atoms with Gasteiger partial charge in [-0.15, -0.1) is 10.2 Å². The lowest BCUT2D eigenvalue weighted by atomic mass is 10.2. The van der Waals surface area contributed by atoms with E-state index >= 15 is 0 Å². The average Bonchev–Trinajstić information content (AvgIpc) is 3.60. The van der Waals surface area contributed by atoms with Crippen LogP contribution >= 0.6 is 11.8 Å². The lowest BCUT2D eigenvalue weighted by Crippen LogP contribution is -2.19. The van der Waals surface area contributed by atoms with E-state index in [4.69, 9.17) is 4.74 Å². The standard InChI is InChI=1S/C22H21N7O4S2/c1-33-17-7-2-3-8-18(17)35(31,32)29-15-6-4-5-13-9-16(26-20(13)15)21-23-11-14(34-21)10-19(30)27-22-24-12-25-28-22/h2-9,12,14,26,29H,10-11H2,1H3,(H2,24,25,27,28,30). The minimum Gasteiger partial charge on any atom is -0.495 e. The van der Waals surface area contributed by atoms with E-state index < -0.39 is 10.0 Å². The van der Waals surface area contributed by atoms with Crippen LogP contribution in [-0.2, 0) is 14.8 Å². The van der Waals surface area contributed by atoms with E-state index in [2.05, 4.69) is 35.2 Å². The summed E-state index contributed by atoms with van der Waals surface area (Å²) in [5.74, 6) is 0.382. The molecular weight excluding hydrogens is 490 g/mol. The number of aromatic nitrogens is 4. The maximum atomic E-state index is 13.1. The molecule has 1 amide bonds. The van der Waals surface area contributed by atoms with Crippen LogP contribution in [0.5, 0.6) is 5.75 Å². The zero-order valence-electron chi connectivity index (χ0n) is 18.5. The number of nitrogens with zero attached hydrogens (tertiary/aromatic N) is 3. The molecule has 1 aliphatic rings. The number of aliphatic imine (C=N–C) groups is 1. The van der Waals surface area contributed by atoms with Crippen molar-refractivity contribution >= 4 is 55.3 Å². The number of H-pyrrole nitrogens is 2. The molecule has 0 aliphatic carbocycles. The number of thioether (sulfide) groups is 1. The number of rotatable bonds is 8. The Kier molecular flexibility index (Phi) is 6.17. The molecule has 0 fully saturated rings. The Morgan fingerprint density at radius 1 is 1.23 bits per heavy atom. The fourth-order valence-corrected chi connectivity index (χ4v) is 6.05. The quantitative estimate of drug-likeness (QED) is 0.283. The number of para-hydroxylation sites is 2. The third kappa shape index (κ3) is 4.86. The average molecular weight is 512 g/mol. The Morgan fingerprint density at radius 2 is 2.09 bits per heavy atom. The molecule has 4 aromatic rings. The molecule has 0 radical (unpaired) electrons. The van der Waals surface area contributed by atoms with Gasteiger partial charge in [0.1, 0.15) is 22.0 Å². The first-order valence-corrected chi connectivity index (χ1v) is 12.9. The summed E-state index contributed by atoms with van der Waals surface area (Å²) in [5, 5.41) is 11.6. The molecule has 1 aliphatic heterocycles. The molecule has 0 saturated carbocycles. The van der Waals surface area contributed by atoms with Crippen LogP contribution in [0, 0.1) is 0 Å². The topological polar surface area (TPSA) is 154 Å². The van der Waals surface area contributed by atoms with Crippen molar-refractivity contribution in [2.45, 2.75) is 16.6 Å². The number of carbonyl (C=O) groups is 1. The molecule has 4 N–H and O–H groups in total. The van der Waals surface area contributed by atoms with Gasteiger partial charge in [0, 0.05) is 17.1 Å². The summed E-state index contributed by atoms with van der Waals surface area (Å²) in [6.07, 6.45) is 1.66. The second kappa shape index (κ2) is 9.43. The highest BCUT2D eigenvalue weighted by Gasteiger charge is 2.26. The Balaban J connectivity index is 1.32. The highest BCUT2D eigenvalue weighted by atomic mass is 32.2. The normalized spacial score (nSPS) is 15.7. The number of ether oxygens (including phenoxy) is 1. The van der Waals surface area contributed by atoms with E-state index in [0.717, 1.165) is 16.1 Å². The summed E-state index contributed by atoms with van der Waals surface area (Å²) >= 11 is 1.50. The van der Waals surface area contributed by atoms with Crippen LogP contribution in [0.2, 0.25) is 0 Å². The smallest absolute Gasteiger partial charge is 0.265 e. The molecule has 35 heavy (non-hydrogen) atoms. The van der Waals surface area contributed by atoms with Crippen molar-refractivity contribution in [1.82, 2.24) is 20.2 Å². The lowest BCUT2D eigenvalue weighted by Gasteiger charge is -2.12. The summed E-state index contributed by atoms with van der Waals surface area (Å²) < 4.78 is 34.0. The van der Waals surface area contributed by atoms with Gasteiger partial charge in [-0.25, -0.2) is 8.42 Å². The van der Waals surface area contributed by atoms with Crippen LogP contribution in [0.25, 0.3) is 10.9 Å². The van der Waals surface area contributed by atoms with Gasteiger partial charge in [0.2, 0.25) is 11.9 Å². The molecule has 0 saturated heterocycles. The van der Waals surface area contributed by atoms with Crippen molar-refractivity contribution in [3.63, 3.8) is 0 Å². The summed E-state index contributed by atoms with van der Waals surface area (Å²) in [6.45, 7) is 0.493. The minimum atomic E-state index is -3.89. The van der Waals surface area contributed by atoms with Crippen molar-refractivity contribution in [2.75, 3.05) is 23.7 Å². The first kappa shape index (κ1) is 22.9. The molecule has 180 valence electrons. The Hall–Kier alpha value is -3.84. The number of hydrogen-bond donors (Lipinski definition) is 4. The van der Waals surface area contributed by atoms with Gasteiger partial charge in [-0.1, -0.05) is 36.0 Å². The van der Waals surface area contributed by atoms with Crippen LogP contribution in [0.3, 0.4) is 0 Å². The highest BCUT2D eigenvalue weighted by molar-refractivity contribution is 8.15. The number of nitrogens with one attached hydrogen (secondary N) is 4. The summed E-state index contributed by atoms with van der Waals surface area (Å²) in [4.78, 5) is 22.9. The van der Waals surface area contributed by atoms with Crippen LogP contribution in [-0.4, -0.2) is 58.4 Å². The fraction of sp³-hybridized carbons (Fsp3) is 0.182. The summed E-state index contributed by atoms with van der Waals surface area (Å²) in [7, 11) is -2.46. The second-order valence-electron chi connectivity index (χ2n) is 7.68. The number of fused-ring (bicyclic) bond motifs is 1. The van der Waals surface area contributed by atoms with E-state index in [1.165, 1.54) is 31.3 Å². The number of sulfonamides is 1. The Labute approximate surface area is 204 Å². The molecule has 3 heterocycles. The van der Waals surface area contributed by atoms with Gasteiger partial charge in [-0.2, -0.15) is 0 Å². The van der Waals surface area contributed by atoms with E-state index in [1.807, 2.05) is 12.1 Å². The largest absolute Gasteiger partial charge is 0.495 e. The van der Waals surface area contributed by atoms with Crippen LogP contribution in [0.15, 0.2) is 64.7 Å². The molecule has 2 aromatic carbocycles. The highest BCUT2D eigenvalue weighted by Crippen LogP contribution is 2.33. The predicted molar refractivity (Wildman–Crippen MR) is 135 cm³/mol. The zero-order chi connectivity index (χ0) is 24.4. The Bertz CT molecular complexity index is 1510. The van der Waals surface area contributed by atoms with Gasteiger partial charge >= 0.3 is 0 Å². The van der Waals surface area contributed by atoms with Crippen LogP contribution in [0.1, 0.15) is 12.1 Å². The molecule has 1 unspecified atom stereocenters. The van der Waals surface area contributed by atoms with Crippen molar-refractivity contribution in [2.24, 2.45) is 4.99 Å². The number of hydrogen-bond acceptors (Lipinski definition) is 8. The van der Waals surface area contributed by atoms with E-state index in [-0.39, 0.29) is 28.2 Å². The number of benzene rings is 2. The number of anilines is 2. The van der Waals surface area contributed by atoms with Crippen LogP contribution in [0.4, 0.5) is 11.6 Å². The maximum Gasteiger partial charge on any atom is 0.265 e. The van der Waals surface area contributed by atoms with E-state index in [1.54, 1.807) is 30.3 Å². The SMILES string of the molecule is COc1ccccc1S(=O)(=O)Nc1cccc2cc(C3=NCC(CC(=O)Nc4nnc[nH]4)S3)[nH]c12. The van der Waals surface area contributed by atoms with Crippen LogP contribution < -0.4 is 14.8 Å². The number of aromatic amines is 2. The van der Waals surface area contributed by atoms with E-state index in [0.29, 0.717) is 23.7 Å². The van der Waals surface area contributed by atoms with Gasteiger partial charge in [0.25, 0.3) is 10.0 Å². The molecule has 1 atom stereocenters. The monoisotopic (exact) mass is 511 g/mol.